The second kappa shape index (κ2) is 10.7. The van der Waals surface area contributed by atoms with E-state index in [1.54, 1.807) is 0 Å². The van der Waals surface area contributed by atoms with Crippen molar-refractivity contribution in [2.24, 2.45) is 0 Å². The maximum Gasteiger partial charge on any atom is 0.151 e. The molecular formula is C12H22O11. The van der Waals surface area contributed by atoms with Crippen molar-refractivity contribution >= 4 is 12.6 Å². The lowest BCUT2D eigenvalue weighted by Crippen LogP contribution is -2.52. The first-order valence-corrected chi connectivity index (χ1v) is 6.61. The number of carbonyl (C=O) groups is 2. The lowest BCUT2D eigenvalue weighted by atomic mass is 10.0. The van der Waals surface area contributed by atoms with E-state index in [9.17, 15) is 40.2 Å². The van der Waals surface area contributed by atoms with Gasteiger partial charge in [0.25, 0.3) is 0 Å². The van der Waals surface area contributed by atoms with Gasteiger partial charge in [-0.1, -0.05) is 0 Å². The number of hydrogen-bond acceptors (Lipinski definition) is 11. The number of aliphatic hydroxyl groups is 8. The van der Waals surface area contributed by atoms with Crippen LogP contribution < -0.4 is 0 Å². The number of aldehydes is 2. The van der Waals surface area contributed by atoms with Crippen molar-refractivity contribution in [1.29, 1.82) is 0 Å². The molecule has 0 spiro atoms. The zero-order valence-electron chi connectivity index (χ0n) is 12.0. The average Bonchev–Trinajstić information content (AvgIpc) is 2.58. The van der Waals surface area contributed by atoms with Crippen LogP contribution in [0.5, 0.6) is 0 Å². The molecule has 0 aliphatic carbocycles. The fourth-order valence-electron chi connectivity index (χ4n) is 1.63. The Morgan fingerprint density at radius 2 is 0.957 bits per heavy atom. The molecule has 11 nitrogen and oxygen atoms in total. The first-order valence-electron chi connectivity index (χ1n) is 6.61. The van der Waals surface area contributed by atoms with Gasteiger partial charge in [0.15, 0.2) is 12.6 Å². The molecule has 23 heavy (non-hydrogen) atoms. The third kappa shape index (κ3) is 6.18. The van der Waals surface area contributed by atoms with E-state index in [-0.39, 0.29) is 12.6 Å². The van der Waals surface area contributed by atoms with Gasteiger partial charge in [0.1, 0.15) is 48.8 Å². The fraction of sp³-hybridized carbons (Fsp3) is 0.833. The summed E-state index contributed by atoms with van der Waals surface area (Å²) in [5.74, 6) is 0. The smallest absolute Gasteiger partial charge is 0.151 e. The minimum atomic E-state index is -2.05. The lowest BCUT2D eigenvalue weighted by Gasteiger charge is -2.30. The Morgan fingerprint density at radius 1 is 0.652 bits per heavy atom. The summed E-state index contributed by atoms with van der Waals surface area (Å²) in [5.41, 5.74) is 0. The maximum atomic E-state index is 10.9. The average molecular weight is 342 g/mol. The molecule has 0 aromatic rings. The lowest BCUT2D eigenvalue weighted by molar-refractivity contribution is -0.180. The summed E-state index contributed by atoms with van der Waals surface area (Å²) in [6.45, 7) is -1.85. The molecule has 8 atom stereocenters. The quantitative estimate of drug-likeness (QED) is 0.157. The Balaban J connectivity index is 4.98. The first-order chi connectivity index (χ1) is 10.7. The Bertz CT molecular complexity index is 320. The predicted molar refractivity (Wildman–Crippen MR) is 71.0 cm³/mol. The highest BCUT2D eigenvalue weighted by molar-refractivity contribution is 5.61. The number of ether oxygens (including phenoxy) is 1. The standard InChI is InChI=1S/C12H22O11/c13-1-5(17)9(19)11(21)7(3-15)23-8(4-16)12(22)10(20)6(18)2-14/h3-14,17-22H,1-2H2/t5-,6-,7+,8+,9+,10+,11-,12-/m1/s1. The second-order valence-corrected chi connectivity index (χ2v) is 4.80. The molecule has 0 fully saturated rings. The van der Waals surface area contributed by atoms with Crippen LogP contribution in [0.4, 0.5) is 0 Å². The van der Waals surface area contributed by atoms with Crippen LogP contribution in [0.2, 0.25) is 0 Å². The van der Waals surface area contributed by atoms with E-state index < -0.39 is 62.0 Å². The topological polar surface area (TPSA) is 205 Å². The summed E-state index contributed by atoms with van der Waals surface area (Å²) in [6, 6.07) is 0. The molecule has 0 bridgehead atoms. The van der Waals surface area contributed by atoms with Crippen molar-refractivity contribution in [2.75, 3.05) is 13.2 Å². The monoisotopic (exact) mass is 342 g/mol. The maximum absolute atomic E-state index is 10.9. The van der Waals surface area contributed by atoms with E-state index in [4.69, 9.17) is 14.9 Å². The third-order valence-electron chi connectivity index (χ3n) is 3.12. The van der Waals surface area contributed by atoms with Crippen LogP contribution in [-0.2, 0) is 14.3 Å². The van der Waals surface area contributed by atoms with Gasteiger partial charge in [0.2, 0.25) is 0 Å². The molecule has 0 aromatic carbocycles. The van der Waals surface area contributed by atoms with Gasteiger partial charge in [-0.25, -0.2) is 0 Å². The molecule has 0 aromatic heterocycles. The summed E-state index contributed by atoms with van der Waals surface area (Å²) < 4.78 is 4.76. The Hall–Kier alpha value is -1.02. The van der Waals surface area contributed by atoms with Crippen LogP contribution in [0.25, 0.3) is 0 Å². The number of rotatable bonds is 12. The third-order valence-corrected chi connectivity index (χ3v) is 3.12. The van der Waals surface area contributed by atoms with Crippen LogP contribution in [-0.4, -0.2) is 115 Å². The van der Waals surface area contributed by atoms with Crippen molar-refractivity contribution in [3.63, 3.8) is 0 Å². The van der Waals surface area contributed by atoms with Gasteiger partial charge in [0, 0.05) is 0 Å². The summed E-state index contributed by atoms with van der Waals surface area (Å²) >= 11 is 0. The Kier molecular flexibility index (Phi) is 10.2. The summed E-state index contributed by atoms with van der Waals surface area (Å²) in [6.07, 6.45) is -15.5. The van der Waals surface area contributed by atoms with Crippen LogP contribution >= 0.6 is 0 Å². The van der Waals surface area contributed by atoms with Crippen molar-refractivity contribution in [2.45, 2.75) is 48.8 Å². The van der Waals surface area contributed by atoms with Gasteiger partial charge in [-0.15, -0.1) is 0 Å². The largest absolute Gasteiger partial charge is 0.394 e. The molecule has 0 radical (unpaired) electrons. The Labute approximate surface area is 131 Å². The highest BCUT2D eigenvalue weighted by Crippen LogP contribution is 2.13. The van der Waals surface area contributed by atoms with Crippen molar-refractivity contribution in [1.82, 2.24) is 0 Å². The molecule has 11 heteroatoms. The normalized spacial score (nSPS) is 22.3. The van der Waals surface area contributed by atoms with Gasteiger partial charge in [-0.2, -0.15) is 0 Å². The molecule has 0 aliphatic heterocycles. The van der Waals surface area contributed by atoms with Crippen LogP contribution in [0, 0.1) is 0 Å². The summed E-state index contributed by atoms with van der Waals surface area (Å²) in [7, 11) is 0. The van der Waals surface area contributed by atoms with E-state index in [1.807, 2.05) is 0 Å². The van der Waals surface area contributed by atoms with Crippen molar-refractivity contribution < 1.29 is 55.2 Å². The van der Waals surface area contributed by atoms with Gasteiger partial charge < -0.3 is 55.2 Å². The molecule has 0 saturated heterocycles. The van der Waals surface area contributed by atoms with Crippen LogP contribution in [0.1, 0.15) is 0 Å². The minimum absolute atomic E-state index is 0.0317. The molecule has 0 rings (SSSR count). The van der Waals surface area contributed by atoms with E-state index in [2.05, 4.69) is 0 Å². The second-order valence-electron chi connectivity index (χ2n) is 4.80. The SMILES string of the molecule is O=C[C@H](O[C@@H](C=O)[C@@H](O)[C@@H](O)[C@H](O)CO)[C@@H](O)[C@@H](O)[C@H](O)CO. The van der Waals surface area contributed by atoms with Crippen molar-refractivity contribution in [3.05, 3.63) is 0 Å². The van der Waals surface area contributed by atoms with E-state index >= 15 is 0 Å². The van der Waals surface area contributed by atoms with E-state index in [0.717, 1.165) is 0 Å². The number of aliphatic hydroxyl groups excluding tert-OH is 8. The number of carbonyl (C=O) groups excluding carboxylic acids is 2. The van der Waals surface area contributed by atoms with Gasteiger partial charge >= 0.3 is 0 Å². The minimum Gasteiger partial charge on any atom is -0.394 e. The van der Waals surface area contributed by atoms with Crippen molar-refractivity contribution in [3.8, 4) is 0 Å². The molecule has 0 amide bonds. The highest BCUT2D eigenvalue weighted by atomic mass is 16.5. The van der Waals surface area contributed by atoms with Gasteiger partial charge in [-0.05, 0) is 0 Å². The number of hydrogen-bond donors (Lipinski definition) is 8. The summed E-state index contributed by atoms with van der Waals surface area (Å²) in [4.78, 5) is 21.8. The molecule has 0 aliphatic rings. The Morgan fingerprint density at radius 3 is 1.17 bits per heavy atom. The van der Waals surface area contributed by atoms with Crippen LogP contribution in [0.15, 0.2) is 0 Å². The molecule has 0 unspecified atom stereocenters. The van der Waals surface area contributed by atoms with Crippen LogP contribution in [0.3, 0.4) is 0 Å². The van der Waals surface area contributed by atoms with E-state index in [0.29, 0.717) is 0 Å². The first kappa shape index (κ1) is 22.0. The zero-order valence-corrected chi connectivity index (χ0v) is 12.0. The summed E-state index contributed by atoms with van der Waals surface area (Å²) in [5, 5.41) is 74.0. The highest BCUT2D eigenvalue weighted by Gasteiger charge is 2.37. The van der Waals surface area contributed by atoms with Gasteiger partial charge in [0.05, 0.1) is 13.2 Å². The fourth-order valence-corrected chi connectivity index (χ4v) is 1.63. The van der Waals surface area contributed by atoms with E-state index in [1.165, 1.54) is 0 Å². The molecular weight excluding hydrogens is 320 g/mol. The van der Waals surface area contributed by atoms with Gasteiger partial charge in [-0.3, -0.25) is 0 Å². The predicted octanol–water partition coefficient (Wildman–Crippen LogP) is -5.71. The molecule has 0 saturated carbocycles. The zero-order chi connectivity index (χ0) is 18.2. The molecule has 136 valence electrons. The molecule has 8 N–H and O–H groups in total. The molecule has 0 heterocycles.